The van der Waals surface area contributed by atoms with E-state index >= 15 is 0 Å². The summed E-state index contributed by atoms with van der Waals surface area (Å²) in [5.41, 5.74) is 6.58. The van der Waals surface area contributed by atoms with Gasteiger partial charge < -0.3 is 15.2 Å². The molecule has 2 saturated carbocycles. The lowest BCUT2D eigenvalue weighted by Gasteiger charge is -2.54. The van der Waals surface area contributed by atoms with Crippen LogP contribution in [-0.2, 0) is 9.47 Å². The summed E-state index contributed by atoms with van der Waals surface area (Å²) in [5, 5.41) is 0. The molecule has 0 radical (unpaired) electrons. The van der Waals surface area contributed by atoms with Crippen molar-refractivity contribution in [2.75, 3.05) is 19.8 Å². The molecule has 3 nitrogen and oxygen atoms in total. The van der Waals surface area contributed by atoms with Gasteiger partial charge in [0.25, 0.3) is 0 Å². The monoisotopic (exact) mass is 241 g/mol. The Bertz CT molecular complexity index is 224. The van der Waals surface area contributed by atoms with Crippen molar-refractivity contribution in [3.63, 3.8) is 0 Å². The van der Waals surface area contributed by atoms with Gasteiger partial charge in [-0.05, 0) is 26.2 Å². The Morgan fingerprint density at radius 2 is 1.82 bits per heavy atom. The highest BCUT2D eigenvalue weighted by Gasteiger charge is 2.53. The van der Waals surface area contributed by atoms with Gasteiger partial charge in [0, 0.05) is 18.1 Å². The smallest absolute Gasteiger partial charge is 0.0704 e. The van der Waals surface area contributed by atoms with Crippen LogP contribution in [0.1, 0.15) is 51.9 Å². The van der Waals surface area contributed by atoms with E-state index in [2.05, 4.69) is 0 Å². The summed E-state index contributed by atoms with van der Waals surface area (Å²) in [6, 6.07) is 0.373. The zero-order chi connectivity index (χ0) is 12.1. The van der Waals surface area contributed by atoms with E-state index in [-0.39, 0.29) is 0 Å². The fourth-order valence-corrected chi connectivity index (χ4v) is 3.49. The van der Waals surface area contributed by atoms with Crippen LogP contribution in [0.4, 0.5) is 0 Å². The van der Waals surface area contributed by atoms with Gasteiger partial charge in [-0.3, -0.25) is 0 Å². The van der Waals surface area contributed by atoms with Gasteiger partial charge in [0.05, 0.1) is 19.3 Å². The van der Waals surface area contributed by atoms with Crippen LogP contribution in [0.2, 0.25) is 0 Å². The van der Waals surface area contributed by atoms with Crippen LogP contribution < -0.4 is 5.73 Å². The van der Waals surface area contributed by atoms with Gasteiger partial charge in [0.15, 0.2) is 0 Å². The summed E-state index contributed by atoms with van der Waals surface area (Å²) in [4.78, 5) is 0. The third kappa shape index (κ3) is 2.83. The van der Waals surface area contributed by atoms with Crippen molar-refractivity contribution in [1.29, 1.82) is 0 Å². The van der Waals surface area contributed by atoms with Gasteiger partial charge in [-0.15, -0.1) is 0 Å². The molecule has 0 bridgehead atoms. The number of rotatable bonds is 5. The van der Waals surface area contributed by atoms with E-state index in [0.29, 0.717) is 17.6 Å². The third-order valence-corrected chi connectivity index (χ3v) is 4.63. The maximum Gasteiger partial charge on any atom is 0.0704 e. The van der Waals surface area contributed by atoms with E-state index in [1.165, 1.54) is 38.5 Å². The van der Waals surface area contributed by atoms with E-state index in [9.17, 15) is 0 Å². The van der Waals surface area contributed by atoms with Crippen molar-refractivity contribution in [1.82, 2.24) is 0 Å². The highest BCUT2D eigenvalue weighted by Crippen LogP contribution is 2.51. The first-order chi connectivity index (χ1) is 8.29. The average molecular weight is 241 g/mol. The van der Waals surface area contributed by atoms with E-state index in [0.717, 1.165) is 26.2 Å². The van der Waals surface area contributed by atoms with Crippen molar-refractivity contribution < 1.29 is 9.47 Å². The summed E-state index contributed by atoms with van der Waals surface area (Å²) >= 11 is 0. The molecule has 2 aliphatic carbocycles. The van der Waals surface area contributed by atoms with Gasteiger partial charge >= 0.3 is 0 Å². The van der Waals surface area contributed by atoms with Gasteiger partial charge in [-0.25, -0.2) is 0 Å². The second kappa shape index (κ2) is 6.17. The van der Waals surface area contributed by atoms with E-state index in [1.54, 1.807) is 0 Å². The minimum atomic E-state index is 0.308. The number of hydrogen-bond donors (Lipinski definition) is 1. The fourth-order valence-electron chi connectivity index (χ4n) is 3.49. The van der Waals surface area contributed by atoms with Crippen molar-refractivity contribution in [2.24, 2.45) is 11.1 Å². The summed E-state index contributed by atoms with van der Waals surface area (Å²) < 4.78 is 11.3. The molecule has 0 saturated heterocycles. The molecule has 3 heteroatoms. The van der Waals surface area contributed by atoms with Crippen LogP contribution in [0.25, 0.3) is 0 Å². The molecular weight excluding hydrogens is 214 g/mol. The minimum absolute atomic E-state index is 0.308. The van der Waals surface area contributed by atoms with Crippen LogP contribution in [-0.4, -0.2) is 32.0 Å². The summed E-state index contributed by atoms with van der Waals surface area (Å²) in [5.74, 6) is 0. The Balaban J connectivity index is 1.81. The normalized spacial score (nSPS) is 32.1. The predicted molar refractivity (Wildman–Crippen MR) is 69.0 cm³/mol. The topological polar surface area (TPSA) is 44.5 Å². The van der Waals surface area contributed by atoms with Crippen molar-refractivity contribution in [2.45, 2.75) is 64.0 Å². The summed E-state index contributed by atoms with van der Waals surface area (Å²) in [6.07, 6.45) is 9.40. The summed E-state index contributed by atoms with van der Waals surface area (Å²) in [7, 11) is 0. The molecule has 0 aliphatic heterocycles. The van der Waals surface area contributed by atoms with Crippen molar-refractivity contribution in [3.05, 3.63) is 0 Å². The first-order valence-corrected chi connectivity index (χ1v) is 7.24. The zero-order valence-electron chi connectivity index (χ0n) is 11.1. The predicted octanol–water partition coefficient (Wildman–Crippen LogP) is 2.48. The van der Waals surface area contributed by atoms with Gasteiger partial charge in [0.1, 0.15) is 0 Å². The molecule has 0 aromatic carbocycles. The lowest BCUT2D eigenvalue weighted by molar-refractivity contribution is -0.142. The molecule has 2 unspecified atom stereocenters. The molecule has 2 fully saturated rings. The summed E-state index contributed by atoms with van der Waals surface area (Å²) in [6.45, 7) is 4.25. The molecule has 1 spiro atoms. The van der Waals surface area contributed by atoms with Crippen molar-refractivity contribution in [3.8, 4) is 0 Å². The average Bonchev–Trinajstić information content (AvgIpc) is 2.60. The fraction of sp³-hybridized carbons (Fsp3) is 1.00. The molecule has 2 N–H and O–H groups in total. The molecule has 0 heterocycles. The first kappa shape index (κ1) is 13.3. The molecule has 2 rings (SSSR count). The Morgan fingerprint density at radius 3 is 2.41 bits per heavy atom. The van der Waals surface area contributed by atoms with E-state index in [4.69, 9.17) is 15.2 Å². The van der Waals surface area contributed by atoms with Crippen LogP contribution in [0.3, 0.4) is 0 Å². The molecule has 17 heavy (non-hydrogen) atoms. The van der Waals surface area contributed by atoms with Crippen LogP contribution in [0.5, 0.6) is 0 Å². The molecule has 100 valence electrons. The molecular formula is C14H27NO2. The number of nitrogens with two attached hydrogens (primary N) is 1. The molecule has 0 amide bonds. The second-order valence-electron chi connectivity index (χ2n) is 5.55. The van der Waals surface area contributed by atoms with Crippen LogP contribution in [0, 0.1) is 5.41 Å². The quantitative estimate of drug-likeness (QED) is 0.752. The first-order valence-electron chi connectivity index (χ1n) is 7.24. The minimum Gasteiger partial charge on any atom is -0.379 e. The van der Waals surface area contributed by atoms with E-state index < -0.39 is 0 Å². The molecule has 2 atom stereocenters. The zero-order valence-corrected chi connectivity index (χ0v) is 11.1. The lowest BCUT2D eigenvalue weighted by atomic mass is 9.58. The Hall–Kier alpha value is -0.120. The van der Waals surface area contributed by atoms with Crippen molar-refractivity contribution >= 4 is 0 Å². The second-order valence-corrected chi connectivity index (χ2v) is 5.55. The SMILES string of the molecule is CCOCCOC1CC(N)C12CCCCCC2. The molecule has 2 aliphatic rings. The van der Waals surface area contributed by atoms with Crippen LogP contribution in [0.15, 0.2) is 0 Å². The maximum absolute atomic E-state index is 6.27. The van der Waals surface area contributed by atoms with Gasteiger partial charge in [-0.1, -0.05) is 25.7 Å². The Morgan fingerprint density at radius 1 is 1.12 bits per heavy atom. The molecule has 0 aromatic rings. The third-order valence-electron chi connectivity index (χ3n) is 4.63. The number of ether oxygens (including phenoxy) is 2. The van der Waals surface area contributed by atoms with E-state index in [1.807, 2.05) is 6.92 Å². The highest BCUT2D eigenvalue weighted by atomic mass is 16.5. The van der Waals surface area contributed by atoms with Gasteiger partial charge in [-0.2, -0.15) is 0 Å². The lowest BCUT2D eigenvalue weighted by Crippen LogP contribution is -2.62. The maximum atomic E-state index is 6.27. The van der Waals surface area contributed by atoms with Gasteiger partial charge in [0.2, 0.25) is 0 Å². The Kier molecular flexibility index (Phi) is 4.83. The van der Waals surface area contributed by atoms with Crippen LogP contribution >= 0.6 is 0 Å². The Labute approximate surface area is 105 Å². The number of hydrogen-bond acceptors (Lipinski definition) is 3. The largest absolute Gasteiger partial charge is 0.379 e. The highest BCUT2D eigenvalue weighted by molar-refractivity contribution is 5.06. The standard InChI is InChI=1S/C14H27NO2/c1-2-16-9-10-17-13-11-12(15)14(13)7-5-3-4-6-8-14/h12-13H,2-11,15H2,1H3. The molecule has 0 aromatic heterocycles.